The van der Waals surface area contributed by atoms with Crippen molar-refractivity contribution in [1.29, 1.82) is 0 Å². The van der Waals surface area contributed by atoms with E-state index in [1.807, 2.05) is 6.07 Å². The van der Waals surface area contributed by atoms with Crippen molar-refractivity contribution in [3.8, 4) is 0 Å². The summed E-state index contributed by atoms with van der Waals surface area (Å²) in [7, 11) is 0. The molecule has 20 heavy (non-hydrogen) atoms. The topological polar surface area (TPSA) is 64.2 Å². The number of rotatable bonds is 6. The number of oxazole rings is 1. The highest BCUT2D eigenvalue weighted by molar-refractivity contribution is 5.79. The zero-order chi connectivity index (χ0) is 14.5. The average Bonchev–Trinajstić information content (AvgIpc) is 2.71. The number of nitrogens with one attached hydrogen (secondary N) is 1. The number of hydrogen-bond donors (Lipinski definition) is 1. The predicted molar refractivity (Wildman–Crippen MR) is 77.6 cm³/mol. The van der Waals surface area contributed by atoms with Crippen LogP contribution in [0.4, 0.5) is 0 Å². The molecule has 0 unspecified atom stereocenters. The van der Waals surface area contributed by atoms with Crippen molar-refractivity contribution in [3.05, 3.63) is 34.8 Å². The Bertz CT molecular complexity index is 640. The summed E-state index contributed by atoms with van der Waals surface area (Å²) in [5, 5.41) is 2.83. The summed E-state index contributed by atoms with van der Waals surface area (Å²) < 4.78 is 6.44. The number of fused-ring (bicyclic) bond motifs is 1. The van der Waals surface area contributed by atoms with E-state index in [1.165, 1.54) is 4.57 Å². The molecule has 0 saturated carbocycles. The van der Waals surface area contributed by atoms with Crippen LogP contribution in [-0.4, -0.2) is 17.0 Å². The maximum Gasteiger partial charge on any atom is 0.420 e. The quantitative estimate of drug-likeness (QED) is 0.822. The molecule has 2 aromatic rings. The smallest absolute Gasteiger partial charge is 0.408 e. The number of benzene rings is 1. The van der Waals surface area contributed by atoms with E-state index < -0.39 is 5.76 Å². The SMILES string of the molecule is CC(C)CCCNC(=O)Cn1c(=O)oc2ccccc21. The highest BCUT2D eigenvalue weighted by Gasteiger charge is 2.11. The molecule has 1 N–H and O–H groups in total. The van der Waals surface area contributed by atoms with Crippen LogP contribution in [0.1, 0.15) is 26.7 Å². The normalized spacial score (nSPS) is 11.2. The fourth-order valence-electron chi connectivity index (χ4n) is 2.10. The van der Waals surface area contributed by atoms with Gasteiger partial charge in [-0.05, 0) is 30.9 Å². The molecule has 0 saturated heterocycles. The summed E-state index contributed by atoms with van der Waals surface area (Å²) in [5.74, 6) is -0.0294. The molecule has 0 atom stereocenters. The van der Waals surface area contributed by atoms with Gasteiger partial charge in [0.2, 0.25) is 5.91 Å². The second-order valence-corrected chi connectivity index (χ2v) is 5.31. The summed E-state index contributed by atoms with van der Waals surface area (Å²) in [6, 6.07) is 7.09. The van der Waals surface area contributed by atoms with Crippen molar-refractivity contribution >= 4 is 17.0 Å². The Kier molecular flexibility index (Phi) is 4.61. The Labute approximate surface area is 117 Å². The molecule has 0 aliphatic heterocycles. The van der Waals surface area contributed by atoms with Crippen LogP contribution in [0, 0.1) is 5.92 Å². The van der Waals surface area contributed by atoms with E-state index in [-0.39, 0.29) is 12.5 Å². The van der Waals surface area contributed by atoms with E-state index in [0.29, 0.717) is 23.6 Å². The van der Waals surface area contributed by atoms with Gasteiger partial charge in [-0.25, -0.2) is 4.79 Å². The molecule has 0 spiro atoms. The predicted octanol–water partition coefficient (Wildman–Crippen LogP) is 2.15. The van der Waals surface area contributed by atoms with Crippen LogP contribution in [0.2, 0.25) is 0 Å². The third kappa shape index (κ3) is 3.50. The molecule has 5 nitrogen and oxygen atoms in total. The molecule has 0 radical (unpaired) electrons. The number of nitrogens with zero attached hydrogens (tertiary/aromatic N) is 1. The molecule has 1 heterocycles. The molecule has 5 heteroatoms. The lowest BCUT2D eigenvalue weighted by Crippen LogP contribution is -2.31. The minimum Gasteiger partial charge on any atom is -0.408 e. The van der Waals surface area contributed by atoms with Gasteiger partial charge in [-0.2, -0.15) is 0 Å². The first-order chi connectivity index (χ1) is 9.58. The summed E-state index contributed by atoms with van der Waals surface area (Å²) in [5.41, 5.74) is 1.15. The molecule has 0 aliphatic carbocycles. The lowest BCUT2D eigenvalue weighted by Gasteiger charge is -2.07. The summed E-state index contributed by atoms with van der Waals surface area (Å²) in [6.45, 7) is 4.94. The third-order valence-corrected chi connectivity index (χ3v) is 3.16. The van der Waals surface area contributed by atoms with Gasteiger partial charge in [-0.3, -0.25) is 9.36 Å². The molecule has 108 valence electrons. The Hall–Kier alpha value is -2.04. The first-order valence-corrected chi connectivity index (χ1v) is 6.93. The van der Waals surface area contributed by atoms with E-state index in [4.69, 9.17) is 4.42 Å². The molecule has 0 fully saturated rings. The lowest BCUT2D eigenvalue weighted by atomic mass is 10.1. The number of aromatic nitrogens is 1. The Morgan fingerprint density at radius 2 is 2.10 bits per heavy atom. The Morgan fingerprint density at radius 1 is 1.35 bits per heavy atom. The van der Waals surface area contributed by atoms with E-state index >= 15 is 0 Å². The van der Waals surface area contributed by atoms with E-state index in [2.05, 4.69) is 19.2 Å². The highest BCUT2D eigenvalue weighted by Crippen LogP contribution is 2.11. The summed E-state index contributed by atoms with van der Waals surface area (Å²) in [6.07, 6.45) is 2.03. The van der Waals surface area contributed by atoms with Crippen LogP contribution in [0.3, 0.4) is 0 Å². The minimum atomic E-state index is -0.497. The van der Waals surface area contributed by atoms with Gasteiger partial charge in [-0.1, -0.05) is 26.0 Å². The minimum absolute atomic E-state index is 0.00246. The highest BCUT2D eigenvalue weighted by atomic mass is 16.4. The summed E-state index contributed by atoms with van der Waals surface area (Å²) >= 11 is 0. The van der Waals surface area contributed by atoms with Crippen molar-refractivity contribution in [2.24, 2.45) is 5.92 Å². The van der Waals surface area contributed by atoms with Crippen molar-refractivity contribution in [3.63, 3.8) is 0 Å². The largest absolute Gasteiger partial charge is 0.420 e. The van der Waals surface area contributed by atoms with Crippen molar-refractivity contribution in [2.45, 2.75) is 33.2 Å². The molecule has 1 aromatic heterocycles. The number of hydrogen-bond acceptors (Lipinski definition) is 3. The van der Waals surface area contributed by atoms with Crippen LogP contribution >= 0.6 is 0 Å². The monoisotopic (exact) mass is 276 g/mol. The van der Waals surface area contributed by atoms with Crippen LogP contribution in [-0.2, 0) is 11.3 Å². The molecular formula is C15H20N2O3. The summed E-state index contributed by atoms with van der Waals surface area (Å²) in [4.78, 5) is 23.5. The average molecular weight is 276 g/mol. The maximum atomic E-state index is 11.8. The zero-order valence-corrected chi connectivity index (χ0v) is 11.9. The van der Waals surface area contributed by atoms with Gasteiger partial charge in [0.25, 0.3) is 0 Å². The van der Waals surface area contributed by atoms with Crippen LogP contribution in [0.25, 0.3) is 11.1 Å². The first kappa shape index (κ1) is 14.4. The maximum absolute atomic E-state index is 11.8. The molecule has 2 rings (SSSR count). The van der Waals surface area contributed by atoms with Gasteiger partial charge in [0.15, 0.2) is 5.58 Å². The van der Waals surface area contributed by atoms with Gasteiger partial charge >= 0.3 is 5.76 Å². The van der Waals surface area contributed by atoms with Gasteiger partial charge < -0.3 is 9.73 Å². The Balaban J connectivity index is 1.96. The van der Waals surface area contributed by atoms with Crippen LogP contribution in [0.5, 0.6) is 0 Å². The standard InChI is InChI=1S/C15H20N2O3/c1-11(2)6-5-9-16-14(18)10-17-12-7-3-4-8-13(12)20-15(17)19/h3-4,7-8,11H,5-6,9-10H2,1-2H3,(H,16,18). The molecule has 0 aliphatic rings. The van der Waals surface area contributed by atoms with E-state index in [0.717, 1.165) is 12.8 Å². The van der Waals surface area contributed by atoms with Gasteiger partial charge in [0, 0.05) is 6.54 Å². The zero-order valence-electron chi connectivity index (χ0n) is 11.9. The number of carbonyl (C=O) groups is 1. The van der Waals surface area contributed by atoms with Crippen molar-refractivity contribution in [1.82, 2.24) is 9.88 Å². The van der Waals surface area contributed by atoms with E-state index in [9.17, 15) is 9.59 Å². The fourth-order valence-corrected chi connectivity index (χ4v) is 2.10. The number of para-hydroxylation sites is 2. The molecule has 1 amide bonds. The Morgan fingerprint density at radius 3 is 2.85 bits per heavy atom. The molecule has 0 bridgehead atoms. The third-order valence-electron chi connectivity index (χ3n) is 3.16. The fraction of sp³-hybridized carbons (Fsp3) is 0.467. The number of carbonyl (C=O) groups excluding carboxylic acids is 1. The molecular weight excluding hydrogens is 256 g/mol. The van der Waals surface area contributed by atoms with Crippen molar-refractivity contribution < 1.29 is 9.21 Å². The second kappa shape index (κ2) is 6.41. The second-order valence-electron chi connectivity index (χ2n) is 5.31. The van der Waals surface area contributed by atoms with Crippen LogP contribution < -0.4 is 11.1 Å². The van der Waals surface area contributed by atoms with Gasteiger partial charge in [-0.15, -0.1) is 0 Å². The lowest BCUT2D eigenvalue weighted by molar-refractivity contribution is -0.121. The van der Waals surface area contributed by atoms with E-state index in [1.54, 1.807) is 18.2 Å². The number of amides is 1. The molecule has 1 aromatic carbocycles. The van der Waals surface area contributed by atoms with Gasteiger partial charge in [0.05, 0.1) is 5.52 Å². The first-order valence-electron chi connectivity index (χ1n) is 6.93. The van der Waals surface area contributed by atoms with Crippen LogP contribution in [0.15, 0.2) is 33.5 Å². The van der Waals surface area contributed by atoms with Gasteiger partial charge in [0.1, 0.15) is 6.54 Å². The van der Waals surface area contributed by atoms with Crippen molar-refractivity contribution in [2.75, 3.05) is 6.54 Å².